The van der Waals surface area contributed by atoms with Crippen LogP contribution in [0.2, 0.25) is 0 Å². The van der Waals surface area contributed by atoms with Gasteiger partial charge < -0.3 is 10.3 Å². The SMILES string of the molecule is Cc1ccc(-c2cnc(CCCNC(C)C)[nH]2)cc1. The van der Waals surface area contributed by atoms with E-state index in [4.69, 9.17) is 0 Å². The number of aryl methyl sites for hydroxylation is 2. The third-order valence-electron chi connectivity index (χ3n) is 3.13. The Morgan fingerprint density at radius 2 is 1.95 bits per heavy atom. The summed E-state index contributed by atoms with van der Waals surface area (Å²) in [4.78, 5) is 7.85. The number of aromatic amines is 1. The lowest BCUT2D eigenvalue weighted by molar-refractivity contribution is 0.567. The average molecular weight is 257 g/mol. The lowest BCUT2D eigenvalue weighted by Crippen LogP contribution is -2.24. The molecule has 2 N–H and O–H groups in total. The molecule has 2 aromatic rings. The van der Waals surface area contributed by atoms with E-state index in [0.717, 1.165) is 30.9 Å². The van der Waals surface area contributed by atoms with E-state index in [1.54, 1.807) is 0 Å². The van der Waals surface area contributed by atoms with Gasteiger partial charge in [0.15, 0.2) is 0 Å². The Morgan fingerprint density at radius 3 is 2.63 bits per heavy atom. The minimum Gasteiger partial charge on any atom is -0.342 e. The highest BCUT2D eigenvalue weighted by molar-refractivity contribution is 5.58. The Bertz CT molecular complexity index is 497. The van der Waals surface area contributed by atoms with Crippen molar-refractivity contribution >= 4 is 0 Å². The number of hydrogen-bond donors (Lipinski definition) is 2. The standard InChI is InChI=1S/C16H23N3/c1-12(2)17-10-4-5-16-18-11-15(19-16)14-8-6-13(3)7-9-14/h6-9,11-12,17H,4-5,10H2,1-3H3,(H,18,19). The highest BCUT2D eigenvalue weighted by Crippen LogP contribution is 2.17. The van der Waals surface area contributed by atoms with Crippen LogP contribution in [0.3, 0.4) is 0 Å². The lowest BCUT2D eigenvalue weighted by Gasteiger charge is -2.06. The van der Waals surface area contributed by atoms with Gasteiger partial charge in [0, 0.05) is 12.5 Å². The fraction of sp³-hybridized carbons (Fsp3) is 0.438. The minimum atomic E-state index is 0.555. The Morgan fingerprint density at radius 1 is 1.21 bits per heavy atom. The number of imidazole rings is 1. The molecular weight excluding hydrogens is 234 g/mol. The highest BCUT2D eigenvalue weighted by Gasteiger charge is 2.03. The maximum atomic E-state index is 4.45. The van der Waals surface area contributed by atoms with Crippen LogP contribution in [0, 0.1) is 6.92 Å². The number of aromatic nitrogens is 2. The highest BCUT2D eigenvalue weighted by atomic mass is 14.9. The summed E-state index contributed by atoms with van der Waals surface area (Å²) < 4.78 is 0. The molecule has 1 aromatic heterocycles. The average Bonchev–Trinajstić information content (AvgIpc) is 2.84. The van der Waals surface area contributed by atoms with Gasteiger partial charge in [0.1, 0.15) is 5.82 Å². The van der Waals surface area contributed by atoms with Gasteiger partial charge in [-0.15, -0.1) is 0 Å². The Kier molecular flexibility index (Phi) is 4.74. The summed E-state index contributed by atoms with van der Waals surface area (Å²) in [5, 5.41) is 3.42. The number of nitrogens with zero attached hydrogens (tertiary/aromatic N) is 1. The summed E-state index contributed by atoms with van der Waals surface area (Å²) in [5.41, 5.74) is 3.58. The van der Waals surface area contributed by atoms with Crippen molar-refractivity contribution in [3.05, 3.63) is 41.9 Å². The fourth-order valence-corrected chi connectivity index (χ4v) is 2.02. The van der Waals surface area contributed by atoms with Crippen LogP contribution in [0.15, 0.2) is 30.5 Å². The molecule has 0 amide bonds. The van der Waals surface area contributed by atoms with Crippen molar-refractivity contribution in [2.75, 3.05) is 6.54 Å². The molecule has 2 rings (SSSR count). The quantitative estimate of drug-likeness (QED) is 0.779. The molecule has 0 aliphatic heterocycles. The van der Waals surface area contributed by atoms with Gasteiger partial charge in [-0.25, -0.2) is 4.98 Å². The van der Waals surface area contributed by atoms with E-state index in [0.29, 0.717) is 6.04 Å². The summed E-state index contributed by atoms with van der Waals surface area (Å²) >= 11 is 0. The van der Waals surface area contributed by atoms with Crippen LogP contribution in [0.5, 0.6) is 0 Å². The van der Waals surface area contributed by atoms with E-state index < -0.39 is 0 Å². The molecule has 0 radical (unpaired) electrons. The first-order valence-corrected chi connectivity index (χ1v) is 6.99. The van der Waals surface area contributed by atoms with Gasteiger partial charge in [0.25, 0.3) is 0 Å². The van der Waals surface area contributed by atoms with Gasteiger partial charge in [-0.05, 0) is 25.5 Å². The van der Waals surface area contributed by atoms with E-state index in [-0.39, 0.29) is 0 Å². The molecule has 0 aliphatic rings. The van der Waals surface area contributed by atoms with Crippen molar-refractivity contribution in [2.24, 2.45) is 0 Å². The molecular formula is C16H23N3. The van der Waals surface area contributed by atoms with Gasteiger partial charge in [0.05, 0.1) is 11.9 Å². The Balaban J connectivity index is 1.90. The van der Waals surface area contributed by atoms with E-state index >= 15 is 0 Å². The third kappa shape index (κ3) is 4.21. The molecule has 102 valence electrons. The summed E-state index contributed by atoms with van der Waals surface area (Å²) in [5.74, 6) is 1.07. The predicted molar refractivity (Wildman–Crippen MR) is 80.2 cm³/mol. The first-order valence-electron chi connectivity index (χ1n) is 6.99. The molecule has 0 saturated heterocycles. The molecule has 0 aliphatic carbocycles. The maximum absolute atomic E-state index is 4.45. The zero-order chi connectivity index (χ0) is 13.7. The van der Waals surface area contributed by atoms with Gasteiger partial charge in [0.2, 0.25) is 0 Å². The number of rotatable bonds is 6. The van der Waals surface area contributed by atoms with Crippen LogP contribution in [-0.2, 0) is 6.42 Å². The van der Waals surface area contributed by atoms with Crippen molar-refractivity contribution in [3.8, 4) is 11.3 Å². The lowest BCUT2D eigenvalue weighted by atomic mass is 10.1. The number of nitrogens with one attached hydrogen (secondary N) is 2. The van der Waals surface area contributed by atoms with E-state index in [1.165, 1.54) is 11.1 Å². The number of H-pyrrole nitrogens is 1. The number of hydrogen-bond acceptors (Lipinski definition) is 2. The molecule has 0 atom stereocenters. The monoisotopic (exact) mass is 257 g/mol. The van der Waals surface area contributed by atoms with Crippen LogP contribution in [-0.4, -0.2) is 22.6 Å². The maximum Gasteiger partial charge on any atom is 0.106 e. The van der Waals surface area contributed by atoms with E-state index in [9.17, 15) is 0 Å². The Hall–Kier alpha value is -1.61. The number of benzene rings is 1. The van der Waals surface area contributed by atoms with Crippen LogP contribution >= 0.6 is 0 Å². The Labute approximate surface area is 115 Å². The molecule has 1 heterocycles. The normalized spacial score (nSPS) is 11.2. The smallest absolute Gasteiger partial charge is 0.106 e. The molecule has 0 fully saturated rings. The van der Waals surface area contributed by atoms with Crippen molar-refractivity contribution in [3.63, 3.8) is 0 Å². The molecule has 3 nitrogen and oxygen atoms in total. The van der Waals surface area contributed by atoms with Crippen molar-refractivity contribution in [1.82, 2.24) is 15.3 Å². The van der Waals surface area contributed by atoms with Crippen LogP contribution in [0.25, 0.3) is 11.3 Å². The van der Waals surface area contributed by atoms with Crippen molar-refractivity contribution < 1.29 is 0 Å². The topological polar surface area (TPSA) is 40.7 Å². The van der Waals surface area contributed by atoms with E-state index in [1.807, 2.05) is 6.20 Å². The van der Waals surface area contributed by atoms with Crippen molar-refractivity contribution in [2.45, 2.75) is 39.7 Å². The molecule has 0 spiro atoms. The zero-order valence-corrected chi connectivity index (χ0v) is 12.0. The molecule has 0 unspecified atom stereocenters. The predicted octanol–water partition coefficient (Wildman–Crippen LogP) is 3.32. The van der Waals surface area contributed by atoms with E-state index in [2.05, 4.69) is 60.3 Å². The largest absolute Gasteiger partial charge is 0.342 e. The summed E-state index contributed by atoms with van der Waals surface area (Å²) in [7, 11) is 0. The summed E-state index contributed by atoms with van der Waals surface area (Å²) in [6, 6.07) is 9.07. The van der Waals surface area contributed by atoms with Gasteiger partial charge in [-0.1, -0.05) is 43.7 Å². The molecule has 0 saturated carbocycles. The minimum absolute atomic E-state index is 0.555. The summed E-state index contributed by atoms with van der Waals surface area (Å²) in [6.45, 7) is 7.48. The second-order valence-corrected chi connectivity index (χ2v) is 5.32. The first kappa shape index (κ1) is 13.8. The zero-order valence-electron chi connectivity index (χ0n) is 12.0. The summed E-state index contributed by atoms with van der Waals surface area (Å²) in [6.07, 6.45) is 4.03. The van der Waals surface area contributed by atoms with Gasteiger partial charge in [-0.3, -0.25) is 0 Å². The van der Waals surface area contributed by atoms with Crippen LogP contribution in [0.1, 0.15) is 31.7 Å². The van der Waals surface area contributed by atoms with Crippen molar-refractivity contribution in [1.29, 1.82) is 0 Å². The molecule has 1 aromatic carbocycles. The first-order chi connectivity index (χ1) is 9.15. The van der Waals surface area contributed by atoms with Crippen LogP contribution in [0.4, 0.5) is 0 Å². The second-order valence-electron chi connectivity index (χ2n) is 5.32. The molecule has 3 heteroatoms. The molecule has 0 bridgehead atoms. The van der Waals surface area contributed by atoms with Gasteiger partial charge >= 0.3 is 0 Å². The van der Waals surface area contributed by atoms with Crippen LogP contribution < -0.4 is 5.32 Å². The molecule has 19 heavy (non-hydrogen) atoms. The third-order valence-corrected chi connectivity index (χ3v) is 3.13. The fourth-order valence-electron chi connectivity index (χ4n) is 2.02. The second kappa shape index (κ2) is 6.53. The van der Waals surface area contributed by atoms with Gasteiger partial charge in [-0.2, -0.15) is 0 Å².